The minimum Gasteiger partial charge on any atom is -1.00 e. The molecule has 0 aliphatic rings. The van der Waals surface area contributed by atoms with E-state index in [4.69, 9.17) is 0 Å². The molecule has 0 saturated heterocycles. The van der Waals surface area contributed by atoms with E-state index in [0.717, 1.165) is 5.92 Å². The highest BCUT2D eigenvalue weighted by molar-refractivity contribution is 4.53. The van der Waals surface area contributed by atoms with Gasteiger partial charge in [-0.05, 0) is 44.4 Å². The quantitative estimate of drug-likeness (QED) is 0.274. The van der Waals surface area contributed by atoms with Crippen LogP contribution in [0.1, 0.15) is 137 Å². The maximum Gasteiger partial charge on any atom is 0.0771 e. The average molecular weight is 404 g/mol. The lowest BCUT2D eigenvalue weighted by molar-refractivity contribution is -0.901. The van der Waals surface area contributed by atoms with Crippen LogP contribution in [-0.2, 0) is 0 Å². The summed E-state index contributed by atoms with van der Waals surface area (Å²) in [6.07, 6.45) is 24.4. The summed E-state index contributed by atoms with van der Waals surface area (Å²) in [5, 5.41) is 0. The fourth-order valence-electron chi connectivity index (χ4n) is 4.08. The van der Waals surface area contributed by atoms with Gasteiger partial charge in [0.15, 0.2) is 0 Å². The van der Waals surface area contributed by atoms with Crippen LogP contribution in [0.2, 0.25) is 0 Å². The number of quaternary nitrogens is 1. The van der Waals surface area contributed by atoms with Crippen LogP contribution in [-0.4, -0.2) is 19.6 Å². The highest BCUT2D eigenvalue weighted by atomic mass is 35.5. The lowest BCUT2D eigenvalue weighted by Crippen LogP contribution is -3.12. The van der Waals surface area contributed by atoms with E-state index in [0.29, 0.717) is 0 Å². The Hall–Kier alpha value is 0.250. The summed E-state index contributed by atoms with van der Waals surface area (Å²) in [6, 6.07) is 0. The first-order valence-electron chi connectivity index (χ1n) is 12.6. The van der Waals surface area contributed by atoms with Gasteiger partial charge in [-0.15, -0.1) is 0 Å². The van der Waals surface area contributed by atoms with Gasteiger partial charge in [0.2, 0.25) is 0 Å². The molecule has 1 nitrogen and oxygen atoms in total. The predicted molar refractivity (Wildman–Crippen MR) is 120 cm³/mol. The third-order valence-corrected chi connectivity index (χ3v) is 6.05. The molecule has 166 valence electrons. The molecule has 0 spiro atoms. The van der Waals surface area contributed by atoms with Crippen molar-refractivity contribution < 1.29 is 17.3 Å². The molecule has 0 radical (unpaired) electrons. The number of halogens is 1. The molecule has 0 heterocycles. The minimum atomic E-state index is 0. The number of unbranched alkanes of at least 4 members (excludes halogenated alkanes) is 11. The molecule has 0 aliphatic heterocycles. The topological polar surface area (TPSA) is 4.44 Å². The van der Waals surface area contributed by atoms with Crippen molar-refractivity contribution in [2.75, 3.05) is 19.6 Å². The van der Waals surface area contributed by atoms with Gasteiger partial charge in [0, 0.05) is 0 Å². The normalized spacial score (nSPS) is 12.3. The first kappa shape index (κ1) is 29.5. The molecular weight excluding hydrogens is 350 g/mol. The van der Waals surface area contributed by atoms with E-state index in [1.54, 1.807) is 0 Å². The number of hydrogen-bond acceptors (Lipinski definition) is 0. The van der Waals surface area contributed by atoms with E-state index in [2.05, 4.69) is 27.7 Å². The minimum absolute atomic E-state index is 0. The van der Waals surface area contributed by atoms with Crippen molar-refractivity contribution in [2.45, 2.75) is 137 Å². The Morgan fingerprint density at radius 1 is 0.481 bits per heavy atom. The second-order valence-corrected chi connectivity index (χ2v) is 8.93. The van der Waals surface area contributed by atoms with Crippen molar-refractivity contribution in [1.29, 1.82) is 0 Å². The third-order valence-electron chi connectivity index (χ3n) is 6.05. The molecule has 0 aromatic carbocycles. The summed E-state index contributed by atoms with van der Waals surface area (Å²) >= 11 is 0. The van der Waals surface area contributed by atoms with Crippen molar-refractivity contribution in [2.24, 2.45) is 5.92 Å². The second kappa shape index (κ2) is 24.3. The van der Waals surface area contributed by atoms with Crippen molar-refractivity contribution in [3.05, 3.63) is 0 Å². The van der Waals surface area contributed by atoms with Gasteiger partial charge >= 0.3 is 0 Å². The van der Waals surface area contributed by atoms with E-state index in [-0.39, 0.29) is 12.4 Å². The van der Waals surface area contributed by atoms with Gasteiger partial charge in [0.1, 0.15) is 0 Å². The Labute approximate surface area is 179 Å². The standard InChI is InChI=1S/C25H53N.ClH/c1-5-8-11-13-15-17-22-26(23-18-16-14-12-9-6-2)24-19-21-25(4)20-10-7-3;/h25H,5-24H2,1-4H3;1H. The Bertz CT molecular complexity index is 241. The fourth-order valence-corrected chi connectivity index (χ4v) is 4.08. The van der Waals surface area contributed by atoms with Gasteiger partial charge in [0.05, 0.1) is 19.6 Å². The van der Waals surface area contributed by atoms with E-state index in [1.165, 1.54) is 129 Å². The molecule has 0 bridgehead atoms. The highest BCUT2D eigenvalue weighted by Crippen LogP contribution is 2.13. The molecule has 0 rings (SSSR count). The smallest absolute Gasteiger partial charge is 0.0771 e. The Balaban J connectivity index is 0. The number of nitrogens with one attached hydrogen (secondary N) is 1. The molecule has 0 aliphatic carbocycles. The first-order valence-corrected chi connectivity index (χ1v) is 12.6. The highest BCUT2D eigenvalue weighted by Gasteiger charge is 2.10. The summed E-state index contributed by atoms with van der Waals surface area (Å²) in [6.45, 7) is 13.7. The van der Waals surface area contributed by atoms with Gasteiger partial charge in [-0.1, -0.05) is 98.3 Å². The number of rotatable bonds is 21. The van der Waals surface area contributed by atoms with Crippen molar-refractivity contribution >= 4 is 0 Å². The molecule has 0 fully saturated rings. The van der Waals surface area contributed by atoms with Crippen molar-refractivity contribution in [3.8, 4) is 0 Å². The molecule has 0 aromatic rings. The van der Waals surface area contributed by atoms with Crippen molar-refractivity contribution in [3.63, 3.8) is 0 Å². The largest absolute Gasteiger partial charge is 1.00 e. The molecule has 1 atom stereocenters. The molecule has 2 heteroatoms. The molecular formula is C25H54ClN. The Morgan fingerprint density at radius 3 is 1.33 bits per heavy atom. The van der Waals surface area contributed by atoms with Gasteiger partial charge in [0.25, 0.3) is 0 Å². The zero-order chi connectivity index (χ0) is 19.3. The van der Waals surface area contributed by atoms with Crippen LogP contribution in [0.25, 0.3) is 0 Å². The van der Waals surface area contributed by atoms with E-state index < -0.39 is 0 Å². The first-order chi connectivity index (χ1) is 12.7. The fraction of sp³-hybridized carbons (Fsp3) is 1.00. The Morgan fingerprint density at radius 2 is 0.852 bits per heavy atom. The van der Waals surface area contributed by atoms with Gasteiger partial charge in [-0.3, -0.25) is 0 Å². The van der Waals surface area contributed by atoms with Crippen LogP contribution < -0.4 is 17.3 Å². The van der Waals surface area contributed by atoms with Crippen LogP contribution in [0.15, 0.2) is 0 Å². The van der Waals surface area contributed by atoms with Crippen LogP contribution in [0.4, 0.5) is 0 Å². The molecule has 0 amide bonds. The molecule has 0 aromatic heterocycles. The predicted octanol–water partition coefficient (Wildman–Crippen LogP) is 4.20. The number of hydrogen-bond donors (Lipinski definition) is 1. The SMILES string of the molecule is CCCCCCCC[NH+](CCCCCCCC)CCCC(C)CCCC.[Cl-]. The van der Waals surface area contributed by atoms with Crippen LogP contribution in [0.5, 0.6) is 0 Å². The van der Waals surface area contributed by atoms with Crippen LogP contribution in [0, 0.1) is 5.92 Å². The summed E-state index contributed by atoms with van der Waals surface area (Å²) in [5.41, 5.74) is 0. The summed E-state index contributed by atoms with van der Waals surface area (Å²) in [7, 11) is 0. The van der Waals surface area contributed by atoms with Gasteiger partial charge in [-0.25, -0.2) is 0 Å². The van der Waals surface area contributed by atoms with E-state index in [9.17, 15) is 0 Å². The summed E-state index contributed by atoms with van der Waals surface area (Å²) in [4.78, 5) is 1.92. The summed E-state index contributed by atoms with van der Waals surface area (Å²) in [5.74, 6) is 0.944. The van der Waals surface area contributed by atoms with Crippen LogP contribution in [0.3, 0.4) is 0 Å². The molecule has 27 heavy (non-hydrogen) atoms. The average Bonchev–Trinajstić information content (AvgIpc) is 2.65. The zero-order valence-electron chi connectivity index (χ0n) is 19.6. The van der Waals surface area contributed by atoms with Crippen LogP contribution >= 0.6 is 0 Å². The Kier molecular flexibility index (Phi) is 26.5. The van der Waals surface area contributed by atoms with Crippen molar-refractivity contribution in [1.82, 2.24) is 0 Å². The summed E-state index contributed by atoms with van der Waals surface area (Å²) < 4.78 is 0. The lowest BCUT2D eigenvalue weighted by atomic mass is 9.99. The second-order valence-electron chi connectivity index (χ2n) is 8.93. The van der Waals surface area contributed by atoms with E-state index in [1.807, 2.05) is 4.90 Å². The third kappa shape index (κ3) is 22.4. The monoisotopic (exact) mass is 403 g/mol. The molecule has 1 unspecified atom stereocenters. The lowest BCUT2D eigenvalue weighted by Gasteiger charge is -2.21. The zero-order valence-corrected chi connectivity index (χ0v) is 20.4. The maximum absolute atomic E-state index is 2.47. The van der Waals surface area contributed by atoms with Gasteiger partial charge in [-0.2, -0.15) is 0 Å². The maximum atomic E-state index is 2.47. The van der Waals surface area contributed by atoms with E-state index >= 15 is 0 Å². The molecule has 0 saturated carbocycles. The molecule has 1 N–H and O–H groups in total. The van der Waals surface area contributed by atoms with Gasteiger partial charge < -0.3 is 17.3 Å².